The van der Waals surface area contributed by atoms with E-state index in [0.717, 1.165) is 29.7 Å². The van der Waals surface area contributed by atoms with Gasteiger partial charge in [-0.05, 0) is 26.1 Å². The molecule has 5 N–H and O–H groups in total. The maximum Gasteiger partial charge on any atom is 0.218 e. The molecular weight excluding hydrogens is 258 g/mol. The highest BCUT2D eigenvalue weighted by atomic mass is 16.6. The van der Waals surface area contributed by atoms with Crippen LogP contribution in [0.1, 0.15) is 6.42 Å². The Morgan fingerprint density at radius 1 is 1.55 bits per heavy atom. The number of nitrogens with one attached hydrogen (secondary N) is 1. The summed E-state index contributed by atoms with van der Waals surface area (Å²) in [6.07, 6.45) is 0.923. The van der Waals surface area contributed by atoms with E-state index >= 15 is 0 Å². The van der Waals surface area contributed by atoms with Crippen molar-refractivity contribution in [3.05, 3.63) is 18.2 Å². The first-order valence-corrected chi connectivity index (χ1v) is 6.42. The highest BCUT2D eigenvalue weighted by Crippen LogP contribution is 2.13. The van der Waals surface area contributed by atoms with Crippen LogP contribution < -0.4 is 16.5 Å². The molecule has 1 aromatic carbocycles. The second-order valence-corrected chi connectivity index (χ2v) is 4.30. The van der Waals surface area contributed by atoms with Gasteiger partial charge in [0.1, 0.15) is 11.0 Å². The SMILES string of the molecule is CNCCCN=C(N)n1nnc2ccc([NH2+]OC)cc21. The molecule has 1 heterocycles. The van der Waals surface area contributed by atoms with Crippen molar-refractivity contribution >= 4 is 22.7 Å². The van der Waals surface area contributed by atoms with Gasteiger partial charge in [0.05, 0.1) is 7.11 Å². The van der Waals surface area contributed by atoms with E-state index in [2.05, 4.69) is 20.6 Å². The van der Waals surface area contributed by atoms with Crippen LogP contribution in [0.15, 0.2) is 23.2 Å². The molecule has 0 aliphatic carbocycles. The van der Waals surface area contributed by atoms with Crippen molar-refractivity contribution in [2.24, 2.45) is 10.7 Å². The van der Waals surface area contributed by atoms with E-state index in [1.54, 1.807) is 17.3 Å². The zero-order valence-corrected chi connectivity index (χ0v) is 11.7. The lowest BCUT2D eigenvalue weighted by Gasteiger charge is -2.02. The number of hydrogen-bond donors (Lipinski definition) is 3. The largest absolute Gasteiger partial charge is 0.368 e. The molecule has 108 valence electrons. The van der Waals surface area contributed by atoms with Gasteiger partial charge in [-0.2, -0.15) is 10.2 Å². The summed E-state index contributed by atoms with van der Waals surface area (Å²) in [5.74, 6) is 0.346. The molecule has 1 aromatic heterocycles. The van der Waals surface area contributed by atoms with Crippen LogP contribution in [0.5, 0.6) is 0 Å². The van der Waals surface area contributed by atoms with Crippen molar-refractivity contribution in [2.45, 2.75) is 6.42 Å². The summed E-state index contributed by atoms with van der Waals surface area (Å²) in [4.78, 5) is 9.31. The molecule has 0 radical (unpaired) electrons. The maximum atomic E-state index is 5.96. The zero-order valence-electron chi connectivity index (χ0n) is 11.7. The van der Waals surface area contributed by atoms with E-state index in [9.17, 15) is 0 Å². The first kappa shape index (κ1) is 14.4. The normalized spacial score (nSPS) is 12.2. The summed E-state index contributed by atoms with van der Waals surface area (Å²) in [5, 5.41) is 11.2. The van der Waals surface area contributed by atoms with Crippen molar-refractivity contribution in [2.75, 3.05) is 27.2 Å². The van der Waals surface area contributed by atoms with E-state index in [0.29, 0.717) is 12.5 Å². The van der Waals surface area contributed by atoms with Gasteiger partial charge in [0.2, 0.25) is 5.96 Å². The Morgan fingerprint density at radius 3 is 3.15 bits per heavy atom. The Bertz CT molecular complexity index is 593. The Morgan fingerprint density at radius 2 is 2.40 bits per heavy atom. The minimum absolute atomic E-state index is 0.346. The smallest absolute Gasteiger partial charge is 0.218 e. The van der Waals surface area contributed by atoms with Gasteiger partial charge in [-0.25, -0.2) is 4.84 Å². The van der Waals surface area contributed by atoms with E-state index in [1.807, 2.05) is 25.2 Å². The van der Waals surface area contributed by atoms with Gasteiger partial charge in [-0.15, -0.1) is 5.10 Å². The monoisotopic (exact) mass is 278 g/mol. The minimum Gasteiger partial charge on any atom is -0.368 e. The van der Waals surface area contributed by atoms with Crippen molar-refractivity contribution in [1.82, 2.24) is 20.3 Å². The average Bonchev–Trinajstić information content (AvgIpc) is 2.87. The second-order valence-electron chi connectivity index (χ2n) is 4.30. The number of hydrogen-bond acceptors (Lipinski definition) is 5. The molecule has 0 aliphatic heterocycles. The standard InChI is InChI=1S/C12H19N7O/c1-14-6-3-7-15-12(13)19-11-8-9(17-20-2)4-5-10(11)16-18-19/h4-5,8,14,17H,3,6-7H2,1-2H3,(H2,13,15)/p+1. The lowest BCUT2D eigenvalue weighted by Crippen LogP contribution is -2.75. The molecule has 0 atom stereocenters. The number of aliphatic imine (C=N–C) groups is 1. The lowest BCUT2D eigenvalue weighted by molar-refractivity contribution is -0.830. The number of fused-ring (bicyclic) bond motifs is 1. The third-order valence-electron chi connectivity index (χ3n) is 2.80. The zero-order chi connectivity index (χ0) is 14.4. The fraction of sp³-hybridized carbons (Fsp3) is 0.417. The maximum absolute atomic E-state index is 5.96. The molecule has 0 saturated carbocycles. The van der Waals surface area contributed by atoms with Crippen LogP contribution in [0.4, 0.5) is 5.69 Å². The fourth-order valence-electron chi connectivity index (χ4n) is 1.83. The highest BCUT2D eigenvalue weighted by Gasteiger charge is 2.09. The molecule has 0 saturated heterocycles. The van der Waals surface area contributed by atoms with E-state index in [1.165, 1.54) is 0 Å². The topological polar surface area (TPSA) is 107 Å². The Balaban J connectivity index is 2.22. The van der Waals surface area contributed by atoms with Crippen molar-refractivity contribution in [3.8, 4) is 0 Å². The Hall–Kier alpha value is -2.03. The molecule has 0 aliphatic rings. The molecule has 8 heteroatoms. The Kier molecular flexibility index (Phi) is 4.99. The lowest BCUT2D eigenvalue weighted by atomic mass is 10.3. The van der Waals surface area contributed by atoms with Gasteiger partial charge >= 0.3 is 0 Å². The van der Waals surface area contributed by atoms with Gasteiger partial charge in [-0.3, -0.25) is 4.99 Å². The number of benzene rings is 1. The van der Waals surface area contributed by atoms with E-state index in [-0.39, 0.29) is 0 Å². The quantitative estimate of drug-likeness (QED) is 0.206. The van der Waals surface area contributed by atoms with Gasteiger partial charge < -0.3 is 11.1 Å². The van der Waals surface area contributed by atoms with Crippen molar-refractivity contribution in [3.63, 3.8) is 0 Å². The molecule has 0 fully saturated rings. The summed E-state index contributed by atoms with van der Waals surface area (Å²) in [6.45, 7) is 1.56. The summed E-state index contributed by atoms with van der Waals surface area (Å²) >= 11 is 0. The number of aromatic nitrogens is 3. The highest BCUT2D eigenvalue weighted by molar-refractivity contribution is 5.90. The number of rotatable bonds is 6. The van der Waals surface area contributed by atoms with Crippen LogP contribution >= 0.6 is 0 Å². The third kappa shape index (κ3) is 3.29. The van der Waals surface area contributed by atoms with Crippen LogP contribution in [0, 0.1) is 0 Å². The fourth-order valence-corrected chi connectivity index (χ4v) is 1.83. The molecule has 0 spiro atoms. The number of nitrogens with zero attached hydrogens (tertiary/aromatic N) is 4. The third-order valence-corrected chi connectivity index (χ3v) is 2.80. The number of nitrogens with two attached hydrogens (primary N) is 2. The van der Waals surface area contributed by atoms with Gasteiger partial charge in [-0.1, -0.05) is 5.21 Å². The molecule has 2 rings (SSSR count). The molecular formula is C12H20N7O+. The van der Waals surface area contributed by atoms with Crippen LogP contribution in [-0.4, -0.2) is 48.2 Å². The molecule has 8 nitrogen and oxygen atoms in total. The summed E-state index contributed by atoms with van der Waals surface area (Å²) in [6, 6.07) is 5.69. The molecule has 0 unspecified atom stereocenters. The Labute approximate surface area is 117 Å². The van der Waals surface area contributed by atoms with Gasteiger partial charge in [0.25, 0.3) is 0 Å². The summed E-state index contributed by atoms with van der Waals surface area (Å²) < 4.78 is 1.54. The summed E-state index contributed by atoms with van der Waals surface area (Å²) in [5.41, 5.74) is 10.1. The van der Waals surface area contributed by atoms with Crippen molar-refractivity contribution in [1.29, 1.82) is 0 Å². The predicted molar refractivity (Wildman–Crippen MR) is 76.6 cm³/mol. The van der Waals surface area contributed by atoms with Crippen molar-refractivity contribution < 1.29 is 10.3 Å². The van der Waals surface area contributed by atoms with Gasteiger partial charge in [0.15, 0.2) is 5.69 Å². The molecule has 2 aromatic rings. The van der Waals surface area contributed by atoms with E-state index < -0.39 is 0 Å². The first-order chi connectivity index (χ1) is 9.76. The van der Waals surface area contributed by atoms with Crippen LogP contribution in [0.25, 0.3) is 11.0 Å². The number of quaternary nitrogens is 1. The predicted octanol–water partition coefficient (Wildman–Crippen LogP) is -1.04. The second kappa shape index (κ2) is 6.94. The van der Waals surface area contributed by atoms with Crippen LogP contribution in [0.2, 0.25) is 0 Å². The van der Waals surface area contributed by atoms with Crippen LogP contribution in [0.3, 0.4) is 0 Å². The summed E-state index contributed by atoms with van der Waals surface area (Å²) in [7, 11) is 3.52. The molecule has 0 amide bonds. The average molecular weight is 278 g/mol. The van der Waals surface area contributed by atoms with E-state index in [4.69, 9.17) is 10.6 Å². The molecule has 0 bridgehead atoms. The molecule has 20 heavy (non-hydrogen) atoms. The van der Waals surface area contributed by atoms with Gasteiger partial charge in [0, 0.05) is 18.7 Å². The first-order valence-electron chi connectivity index (χ1n) is 6.42. The van der Waals surface area contributed by atoms with Crippen LogP contribution in [-0.2, 0) is 4.84 Å². The minimum atomic E-state index is 0.346.